The van der Waals surface area contributed by atoms with Gasteiger partial charge in [0.05, 0.1) is 5.75 Å². The van der Waals surface area contributed by atoms with Gasteiger partial charge in [-0.2, -0.15) is 4.31 Å². The predicted octanol–water partition coefficient (Wildman–Crippen LogP) is 1.63. The van der Waals surface area contributed by atoms with Crippen LogP contribution < -0.4 is 5.73 Å². The zero-order valence-electron chi connectivity index (χ0n) is 11.2. The van der Waals surface area contributed by atoms with Crippen LogP contribution in [-0.4, -0.2) is 30.3 Å². The highest BCUT2D eigenvalue weighted by Crippen LogP contribution is 2.39. The lowest BCUT2D eigenvalue weighted by Gasteiger charge is -2.26. The largest absolute Gasteiger partial charge is 0.389 e. The van der Waals surface area contributed by atoms with Gasteiger partial charge in [0.1, 0.15) is 4.99 Å². The zero-order chi connectivity index (χ0) is 14.3. The third-order valence-electron chi connectivity index (χ3n) is 4.28. The molecule has 1 heterocycles. The molecule has 0 spiro atoms. The summed E-state index contributed by atoms with van der Waals surface area (Å²) >= 11 is 4.93. The Kier molecular flexibility index (Phi) is 3.56. The van der Waals surface area contributed by atoms with Crippen molar-refractivity contribution in [3.63, 3.8) is 0 Å². The first kappa shape index (κ1) is 14.0. The van der Waals surface area contributed by atoms with Crippen molar-refractivity contribution in [2.45, 2.75) is 31.1 Å². The molecule has 2 unspecified atom stereocenters. The molecule has 1 aromatic carbocycles. The fourth-order valence-corrected chi connectivity index (χ4v) is 5.31. The summed E-state index contributed by atoms with van der Waals surface area (Å²) in [5.74, 6) is 0.602. The monoisotopic (exact) mass is 310 g/mol. The van der Waals surface area contributed by atoms with E-state index in [0.29, 0.717) is 17.5 Å². The van der Waals surface area contributed by atoms with Gasteiger partial charge >= 0.3 is 0 Å². The summed E-state index contributed by atoms with van der Waals surface area (Å²) < 4.78 is 26.8. The molecule has 0 radical (unpaired) electrons. The molecule has 3 rings (SSSR count). The van der Waals surface area contributed by atoms with Gasteiger partial charge in [-0.1, -0.05) is 30.4 Å². The van der Waals surface area contributed by atoms with Crippen LogP contribution in [0.2, 0.25) is 0 Å². The molecule has 4 nitrogen and oxygen atoms in total. The van der Waals surface area contributed by atoms with Crippen molar-refractivity contribution >= 4 is 27.2 Å². The lowest BCUT2D eigenvalue weighted by atomic mass is 10.1. The molecule has 108 valence electrons. The minimum atomic E-state index is -3.24. The standard InChI is InChI=1S/C14H18N2O2S2/c15-14(19)12-3-1-2-11(6-12)9-20(17,18)16-8-10-4-5-13(16)7-10/h1-3,6,10,13H,4-5,7-9H2,(H2,15,19). The molecule has 2 bridgehead atoms. The number of piperidine rings is 1. The second-order valence-corrected chi connectivity index (χ2v) is 8.08. The smallest absolute Gasteiger partial charge is 0.218 e. The fourth-order valence-electron chi connectivity index (χ4n) is 3.33. The molecule has 2 atom stereocenters. The van der Waals surface area contributed by atoms with E-state index in [1.54, 1.807) is 22.5 Å². The van der Waals surface area contributed by atoms with Crippen LogP contribution in [0.15, 0.2) is 24.3 Å². The molecular weight excluding hydrogens is 292 g/mol. The van der Waals surface area contributed by atoms with Crippen molar-refractivity contribution in [2.24, 2.45) is 11.7 Å². The van der Waals surface area contributed by atoms with Crippen molar-refractivity contribution in [1.82, 2.24) is 4.31 Å². The van der Waals surface area contributed by atoms with E-state index in [1.807, 2.05) is 6.07 Å². The highest BCUT2D eigenvalue weighted by atomic mass is 32.2. The molecule has 2 aliphatic rings. The Hall–Kier alpha value is -0.980. The quantitative estimate of drug-likeness (QED) is 0.859. The number of benzene rings is 1. The molecular formula is C14H18N2O2S2. The number of nitrogens with two attached hydrogens (primary N) is 1. The van der Waals surface area contributed by atoms with Gasteiger partial charge in [-0.3, -0.25) is 0 Å². The Morgan fingerprint density at radius 1 is 1.40 bits per heavy atom. The van der Waals surface area contributed by atoms with E-state index in [4.69, 9.17) is 18.0 Å². The highest BCUT2D eigenvalue weighted by Gasteiger charge is 2.43. The Morgan fingerprint density at radius 2 is 2.20 bits per heavy atom. The molecule has 1 aliphatic carbocycles. The third kappa shape index (κ3) is 2.60. The van der Waals surface area contributed by atoms with Crippen LogP contribution in [0, 0.1) is 5.92 Å². The minimum absolute atomic E-state index is 0.0344. The van der Waals surface area contributed by atoms with Gasteiger partial charge in [-0.05, 0) is 36.8 Å². The number of sulfonamides is 1. The molecule has 0 aromatic heterocycles. The number of nitrogens with zero attached hydrogens (tertiary/aromatic N) is 1. The number of fused-ring (bicyclic) bond motifs is 2. The summed E-state index contributed by atoms with van der Waals surface area (Å²) in [6.45, 7) is 0.696. The van der Waals surface area contributed by atoms with Crippen molar-refractivity contribution in [3.05, 3.63) is 35.4 Å². The molecule has 2 N–H and O–H groups in total. The molecule has 20 heavy (non-hydrogen) atoms. The van der Waals surface area contributed by atoms with E-state index in [0.717, 1.165) is 24.0 Å². The third-order valence-corrected chi connectivity index (χ3v) is 6.37. The number of hydrogen-bond acceptors (Lipinski definition) is 3. The molecule has 1 saturated carbocycles. The number of rotatable bonds is 4. The molecule has 2 fully saturated rings. The maximum atomic E-state index is 12.5. The van der Waals surface area contributed by atoms with E-state index in [1.165, 1.54) is 6.42 Å². The second-order valence-electron chi connectivity index (χ2n) is 5.72. The topological polar surface area (TPSA) is 63.4 Å². The summed E-state index contributed by atoms with van der Waals surface area (Å²) in [5, 5.41) is 0. The summed E-state index contributed by atoms with van der Waals surface area (Å²) in [6, 6.07) is 7.41. The Labute approximate surface area is 125 Å². The number of hydrogen-bond donors (Lipinski definition) is 1. The van der Waals surface area contributed by atoms with E-state index in [2.05, 4.69) is 0 Å². The Balaban J connectivity index is 1.80. The van der Waals surface area contributed by atoms with Crippen molar-refractivity contribution in [1.29, 1.82) is 0 Å². The van der Waals surface area contributed by atoms with Gasteiger partial charge in [0, 0.05) is 18.2 Å². The maximum absolute atomic E-state index is 12.5. The van der Waals surface area contributed by atoms with E-state index in [-0.39, 0.29) is 11.8 Å². The molecule has 0 amide bonds. The predicted molar refractivity (Wildman–Crippen MR) is 82.8 cm³/mol. The van der Waals surface area contributed by atoms with Crippen LogP contribution in [0.4, 0.5) is 0 Å². The van der Waals surface area contributed by atoms with Crippen LogP contribution in [0.1, 0.15) is 30.4 Å². The van der Waals surface area contributed by atoms with Crippen molar-refractivity contribution < 1.29 is 8.42 Å². The maximum Gasteiger partial charge on any atom is 0.218 e. The summed E-state index contributed by atoms with van der Waals surface area (Å²) in [7, 11) is -3.24. The highest BCUT2D eigenvalue weighted by molar-refractivity contribution is 7.88. The second kappa shape index (κ2) is 5.09. The average molecular weight is 310 g/mol. The van der Waals surface area contributed by atoms with Crippen molar-refractivity contribution in [3.8, 4) is 0 Å². The average Bonchev–Trinajstić information content (AvgIpc) is 3.01. The molecule has 6 heteroatoms. The first-order valence-corrected chi connectivity index (χ1v) is 8.86. The van der Waals surface area contributed by atoms with Gasteiger partial charge < -0.3 is 5.73 Å². The molecule has 1 aliphatic heterocycles. The lowest BCUT2D eigenvalue weighted by Crippen LogP contribution is -2.38. The fraction of sp³-hybridized carbons (Fsp3) is 0.500. The van der Waals surface area contributed by atoms with Crippen LogP contribution in [-0.2, 0) is 15.8 Å². The first-order chi connectivity index (χ1) is 9.45. The number of thiocarbonyl (C=S) groups is 1. The van der Waals surface area contributed by atoms with Crippen LogP contribution >= 0.6 is 12.2 Å². The summed E-state index contributed by atoms with van der Waals surface area (Å²) in [4.78, 5) is 0.296. The molecule has 1 aromatic rings. The van der Waals surface area contributed by atoms with Crippen LogP contribution in [0.25, 0.3) is 0 Å². The SMILES string of the molecule is NC(=S)c1cccc(CS(=O)(=O)N2CC3CCC2C3)c1. The van der Waals surface area contributed by atoms with E-state index in [9.17, 15) is 8.42 Å². The van der Waals surface area contributed by atoms with E-state index >= 15 is 0 Å². The first-order valence-electron chi connectivity index (χ1n) is 6.84. The summed E-state index contributed by atoms with van der Waals surface area (Å²) in [6.07, 6.45) is 3.22. The normalized spacial score (nSPS) is 26.0. The van der Waals surface area contributed by atoms with Crippen molar-refractivity contribution in [2.75, 3.05) is 6.54 Å². The minimum Gasteiger partial charge on any atom is -0.389 e. The van der Waals surface area contributed by atoms with Gasteiger partial charge in [0.2, 0.25) is 10.0 Å². The lowest BCUT2D eigenvalue weighted by molar-refractivity contribution is 0.333. The van der Waals surface area contributed by atoms with Gasteiger partial charge in [-0.25, -0.2) is 8.42 Å². The van der Waals surface area contributed by atoms with Gasteiger partial charge in [0.15, 0.2) is 0 Å². The Morgan fingerprint density at radius 3 is 2.80 bits per heavy atom. The van der Waals surface area contributed by atoms with E-state index < -0.39 is 10.0 Å². The Bertz CT molecular complexity index is 642. The van der Waals surface area contributed by atoms with Crippen LogP contribution in [0.5, 0.6) is 0 Å². The molecule has 1 saturated heterocycles. The summed E-state index contributed by atoms with van der Waals surface area (Å²) in [5.41, 5.74) is 7.06. The van der Waals surface area contributed by atoms with Gasteiger partial charge in [-0.15, -0.1) is 0 Å². The zero-order valence-corrected chi connectivity index (χ0v) is 12.8. The van der Waals surface area contributed by atoms with Gasteiger partial charge in [0.25, 0.3) is 0 Å². The van der Waals surface area contributed by atoms with Crippen LogP contribution in [0.3, 0.4) is 0 Å².